The largest absolute Gasteiger partial charge is 0.255 e. The second-order valence-corrected chi connectivity index (χ2v) is 3.93. The van der Waals surface area contributed by atoms with Crippen molar-refractivity contribution in [3.63, 3.8) is 0 Å². The molecule has 0 saturated heterocycles. The second-order valence-electron chi connectivity index (χ2n) is 3.93. The first-order chi connectivity index (χ1) is 8.15. The molecule has 1 unspecified atom stereocenters. The molecule has 3 nitrogen and oxygen atoms in total. The molecule has 0 radical (unpaired) electrons. The number of hydrogen-bond donors (Lipinski definition) is 2. The summed E-state index contributed by atoms with van der Waals surface area (Å²) in [6, 6.07) is 0. The first kappa shape index (κ1) is 15.8. The van der Waals surface area contributed by atoms with Crippen LogP contribution in [0, 0.1) is 0 Å². The monoisotopic (exact) mass is 236 g/mol. The molecule has 0 aliphatic heterocycles. The molecule has 96 valence electrons. The number of nitrogens with zero attached hydrogens (tertiary/aromatic N) is 1. The van der Waals surface area contributed by atoms with Gasteiger partial charge in [0.15, 0.2) is 0 Å². The van der Waals surface area contributed by atoms with Gasteiger partial charge in [-0.1, -0.05) is 29.9 Å². The van der Waals surface area contributed by atoms with Crippen LogP contribution in [0.5, 0.6) is 0 Å². The molecule has 0 fully saturated rings. The maximum atomic E-state index is 3.16. The number of hydrogen-bond acceptors (Lipinski definition) is 2. The summed E-state index contributed by atoms with van der Waals surface area (Å²) in [5.41, 5.74) is 7.48. The van der Waals surface area contributed by atoms with Gasteiger partial charge in [-0.15, -0.1) is 0 Å². The van der Waals surface area contributed by atoms with Crippen molar-refractivity contribution in [1.82, 2.24) is 10.9 Å². The fourth-order valence-corrected chi connectivity index (χ4v) is 1.29. The summed E-state index contributed by atoms with van der Waals surface area (Å²) in [6.45, 7) is 6.20. The van der Waals surface area contributed by atoms with Crippen LogP contribution in [-0.2, 0) is 0 Å². The summed E-state index contributed by atoms with van der Waals surface area (Å²) in [6.07, 6.45) is 13.8. The zero-order valence-corrected chi connectivity index (χ0v) is 11.7. The molecule has 0 aromatic rings. The Morgan fingerprint density at radius 2 is 2.06 bits per heavy atom. The Labute approximate surface area is 106 Å². The molecular formula is C14H26N3+. The summed E-state index contributed by atoms with van der Waals surface area (Å²) in [7, 11) is 3.91. The van der Waals surface area contributed by atoms with E-state index in [2.05, 4.69) is 52.7 Å². The Bertz CT molecular complexity index is 311. The molecule has 0 rings (SSSR count). The Kier molecular flexibility index (Phi) is 9.30. The smallest absolute Gasteiger partial charge is 0.237 e. The van der Waals surface area contributed by atoms with Crippen molar-refractivity contribution in [2.75, 3.05) is 14.1 Å². The number of allylic oxidation sites excluding steroid dienone is 5. The fraction of sp³-hybridized carbons (Fsp3) is 0.500. The molecule has 2 N–H and O–H groups in total. The molecule has 0 bridgehead atoms. The van der Waals surface area contributed by atoms with Gasteiger partial charge in [0, 0.05) is 13.0 Å². The topological polar surface area (TPSA) is 27.1 Å². The zero-order valence-electron chi connectivity index (χ0n) is 11.7. The molecule has 0 aromatic carbocycles. The van der Waals surface area contributed by atoms with E-state index >= 15 is 0 Å². The molecule has 1 atom stereocenters. The quantitative estimate of drug-likeness (QED) is 0.177. The molecule has 17 heavy (non-hydrogen) atoms. The molecule has 0 aromatic heterocycles. The molecule has 0 aliphatic carbocycles. The van der Waals surface area contributed by atoms with Crippen molar-refractivity contribution in [1.29, 1.82) is 0 Å². The van der Waals surface area contributed by atoms with Crippen LogP contribution in [0.15, 0.2) is 36.0 Å². The van der Waals surface area contributed by atoms with Gasteiger partial charge < -0.3 is 0 Å². The highest BCUT2D eigenvalue weighted by Crippen LogP contribution is 2.01. The Hall–Kier alpha value is -1.19. The highest BCUT2D eigenvalue weighted by molar-refractivity contribution is 5.46. The molecule has 0 amide bonds. The van der Waals surface area contributed by atoms with Gasteiger partial charge in [-0.2, -0.15) is 5.43 Å². The van der Waals surface area contributed by atoms with E-state index in [4.69, 9.17) is 0 Å². The minimum absolute atomic E-state index is 0.163. The molecule has 0 spiro atoms. The molecule has 0 aliphatic rings. The molecule has 3 heteroatoms. The summed E-state index contributed by atoms with van der Waals surface area (Å²) in [5, 5.41) is 0. The van der Waals surface area contributed by atoms with Crippen LogP contribution < -0.4 is 10.9 Å². The van der Waals surface area contributed by atoms with Crippen LogP contribution in [0.2, 0.25) is 0 Å². The van der Waals surface area contributed by atoms with Gasteiger partial charge in [0.25, 0.3) is 0 Å². The van der Waals surface area contributed by atoms with Crippen molar-refractivity contribution in [3.05, 3.63) is 36.0 Å². The lowest BCUT2D eigenvalue weighted by atomic mass is 10.2. The van der Waals surface area contributed by atoms with E-state index in [1.165, 1.54) is 5.57 Å². The summed E-state index contributed by atoms with van der Waals surface area (Å²) >= 11 is 0. The third-order valence-corrected chi connectivity index (χ3v) is 2.49. The Morgan fingerprint density at radius 3 is 2.59 bits per heavy atom. The van der Waals surface area contributed by atoms with Crippen molar-refractivity contribution < 1.29 is 4.58 Å². The van der Waals surface area contributed by atoms with E-state index < -0.39 is 0 Å². The minimum atomic E-state index is 0.163. The zero-order chi connectivity index (χ0) is 13.1. The van der Waals surface area contributed by atoms with Gasteiger partial charge in [-0.3, -0.25) is 5.43 Å². The van der Waals surface area contributed by atoms with Gasteiger partial charge in [0.05, 0.1) is 0 Å². The van der Waals surface area contributed by atoms with E-state index in [1.54, 1.807) is 0 Å². The van der Waals surface area contributed by atoms with E-state index in [-0.39, 0.29) is 6.17 Å². The predicted molar refractivity (Wildman–Crippen MR) is 76.2 cm³/mol. The van der Waals surface area contributed by atoms with Gasteiger partial charge in [-0.25, -0.2) is 4.58 Å². The Morgan fingerprint density at radius 1 is 1.35 bits per heavy atom. The fourth-order valence-electron chi connectivity index (χ4n) is 1.29. The average Bonchev–Trinajstić information content (AvgIpc) is 2.34. The van der Waals surface area contributed by atoms with Crippen LogP contribution >= 0.6 is 0 Å². The third-order valence-electron chi connectivity index (χ3n) is 2.49. The van der Waals surface area contributed by atoms with Crippen molar-refractivity contribution in [3.8, 4) is 0 Å². The lowest BCUT2D eigenvalue weighted by Gasteiger charge is -2.09. The van der Waals surface area contributed by atoms with E-state index in [9.17, 15) is 0 Å². The lowest BCUT2D eigenvalue weighted by molar-refractivity contribution is -0.529. The van der Waals surface area contributed by atoms with Crippen LogP contribution in [0.3, 0.4) is 0 Å². The van der Waals surface area contributed by atoms with E-state index in [0.717, 1.165) is 6.42 Å². The SMILES string of the molecule is CC=CCC(C)=CC=CC(NNC)[N+](C)=CC. The highest BCUT2D eigenvalue weighted by atomic mass is 15.4. The maximum absolute atomic E-state index is 3.16. The van der Waals surface area contributed by atoms with Crippen LogP contribution in [-0.4, -0.2) is 31.1 Å². The van der Waals surface area contributed by atoms with Gasteiger partial charge >= 0.3 is 0 Å². The first-order valence-corrected chi connectivity index (χ1v) is 6.04. The van der Waals surface area contributed by atoms with Gasteiger partial charge in [0.2, 0.25) is 6.17 Å². The number of likely N-dealkylation sites (N-methyl/N-ethyl adjacent to an activating group) is 1. The minimum Gasteiger partial charge on any atom is -0.255 e. The van der Waals surface area contributed by atoms with Crippen LogP contribution in [0.1, 0.15) is 27.2 Å². The van der Waals surface area contributed by atoms with Crippen LogP contribution in [0.4, 0.5) is 0 Å². The normalized spacial score (nSPS) is 16.1. The Balaban J connectivity index is 4.44. The standard InChI is InChI=1S/C14H26N3/c1-6-8-10-13(3)11-9-12-14(16-15-4)17(5)7-2/h6-9,11-12,14-16H,10H2,1-5H3/q+1. The lowest BCUT2D eigenvalue weighted by Crippen LogP contribution is -2.43. The number of hydrazine groups is 1. The van der Waals surface area contributed by atoms with Crippen molar-refractivity contribution in [2.24, 2.45) is 0 Å². The maximum Gasteiger partial charge on any atom is 0.237 e. The van der Waals surface area contributed by atoms with Crippen LogP contribution in [0.25, 0.3) is 0 Å². The third kappa shape index (κ3) is 7.66. The summed E-state index contributed by atoms with van der Waals surface area (Å²) in [5.74, 6) is 0. The molecule has 0 saturated carbocycles. The van der Waals surface area contributed by atoms with Gasteiger partial charge in [0.1, 0.15) is 13.3 Å². The van der Waals surface area contributed by atoms with Crippen molar-refractivity contribution in [2.45, 2.75) is 33.4 Å². The van der Waals surface area contributed by atoms with E-state index in [1.807, 2.05) is 34.2 Å². The second kappa shape index (κ2) is 10.00. The number of nitrogens with one attached hydrogen (secondary N) is 2. The van der Waals surface area contributed by atoms with Gasteiger partial charge in [-0.05, 0) is 27.3 Å². The summed E-state index contributed by atoms with van der Waals surface area (Å²) < 4.78 is 2.10. The first-order valence-electron chi connectivity index (χ1n) is 6.04. The van der Waals surface area contributed by atoms with E-state index in [0.29, 0.717) is 0 Å². The predicted octanol–water partition coefficient (Wildman–Crippen LogP) is 2.24. The highest BCUT2D eigenvalue weighted by Gasteiger charge is 2.08. The number of rotatable bonds is 7. The average molecular weight is 236 g/mol. The molecular weight excluding hydrogens is 210 g/mol. The molecule has 0 heterocycles. The summed E-state index contributed by atoms with van der Waals surface area (Å²) in [4.78, 5) is 0. The van der Waals surface area contributed by atoms with Crippen molar-refractivity contribution >= 4 is 6.21 Å².